The van der Waals surface area contributed by atoms with Crippen LogP contribution in [0.2, 0.25) is 0 Å². The first kappa shape index (κ1) is 17.3. The Balaban J connectivity index is 2.37. The van der Waals surface area contributed by atoms with Crippen molar-refractivity contribution >= 4 is 10.8 Å². The summed E-state index contributed by atoms with van der Waals surface area (Å²) in [4.78, 5) is 0.971. The molecular formula is C16H27NO2S. The minimum Gasteiger partial charge on any atom is -0.385 e. The molecule has 0 saturated carbocycles. The fourth-order valence-electron chi connectivity index (χ4n) is 2.09. The molecule has 1 aromatic rings. The van der Waals surface area contributed by atoms with Gasteiger partial charge in [0.15, 0.2) is 0 Å². The van der Waals surface area contributed by atoms with E-state index in [0.29, 0.717) is 0 Å². The van der Waals surface area contributed by atoms with Crippen molar-refractivity contribution in [1.29, 1.82) is 0 Å². The van der Waals surface area contributed by atoms with Crippen LogP contribution in [0.3, 0.4) is 0 Å². The van der Waals surface area contributed by atoms with Gasteiger partial charge < -0.3 is 10.1 Å². The summed E-state index contributed by atoms with van der Waals surface area (Å²) in [7, 11) is 2.82. The molecule has 0 aliphatic carbocycles. The van der Waals surface area contributed by atoms with Crippen LogP contribution in [0.25, 0.3) is 0 Å². The van der Waals surface area contributed by atoms with Crippen molar-refractivity contribution in [3.8, 4) is 0 Å². The highest BCUT2D eigenvalue weighted by atomic mass is 32.2. The second-order valence-electron chi connectivity index (χ2n) is 4.96. The second-order valence-corrected chi connectivity index (χ2v) is 6.53. The summed E-state index contributed by atoms with van der Waals surface area (Å²) in [6.07, 6.45) is 5.29. The average molecular weight is 297 g/mol. The lowest BCUT2D eigenvalue weighted by atomic mass is 10.1. The predicted octanol–water partition coefficient (Wildman–Crippen LogP) is 2.76. The lowest BCUT2D eigenvalue weighted by Crippen LogP contribution is -2.08. The number of nitrogens with one attached hydrogen (secondary N) is 1. The third-order valence-electron chi connectivity index (χ3n) is 3.23. The van der Waals surface area contributed by atoms with E-state index in [0.717, 1.165) is 55.9 Å². The minimum absolute atomic E-state index is 0.754. The highest BCUT2D eigenvalue weighted by molar-refractivity contribution is 7.85. The van der Waals surface area contributed by atoms with Crippen molar-refractivity contribution in [2.45, 2.75) is 37.0 Å². The smallest absolute Gasteiger partial charge is 0.0529 e. The number of methoxy groups -OCH3 is 1. The van der Waals surface area contributed by atoms with Crippen LogP contribution in [0, 0.1) is 0 Å². The number of hydrogen-bond acceptors (Lipinski definition) is 3. The molecule has 4 heteroatoms. The van der Waals surface area contributed by atoms with E-state index in [-0.39, 0.29) is 0 Å². The summed E-state index contributed by atoms with van der Waals surface area (Å²) < 4.78 is 17.2. The third-order valence-corrected chi connectivity index (χ3v) is 4.67. The maximum atomic E-state index is 12.2. The van der Waals surface area contributed by atoms with Crippen LogP contribution >= 0.6 is 0 Å². The molecule has 0 radical (unpaired) electrons. The summed E-state index contributed by atoms with van der Waals surface area (Å²) in [5.74, 6) is 0.754. The number of rotatable bonds is 11. The second kappa shape index (κ2) is 11.0. The average Bonchev–Trinajstić information content (AvgIpc) is 2.47. The Kier molecular flexibility index (Phi) is 9.54. The Morgan fingerprint density at radius 2 is 2.05 bits per heavy atom. The van der Waals surface area contributed by atoms with Gasteiger partial charge >= 0.3 is 0 Å². The molecule has 1 rings (SSSR count). The van der Waals surface area contributed by atoms with Gasteiger partial charge in [-0.25, -0.2) is 0 Å². The fourth-order valence-corrected chi connectivity index (χ4v) is 3.30. The normalized spacial score (nSPS) is 12.5. The van der Waals surface area contributed by atoms with Crippen LogP contribution in [0.15, 0.2) is 29.2 Å². The Bertz CT molecular complexity index is 396. The van der Waals surface area contributed by atoms with Crippen LogP contribution in [0.4, 0.5) is 0 Å². The molecule has 114 valence electrons. The van der Waals surface area contributed by atoms with Crippen LogP contribution < -0.4 is 5.32 Å². The molecule has 0 saturated heterocycles. The van der Waals surface area contributed by atoms with Crippen molar-refractivity contribution in [1.82, 2.24) is 5.32 Å². The van der Waals surface area contributed by atoms with Crippen LogP contribution in [0.1, 0.15) is 31.2 Å². The van der Waals surface area contributed by atoms with Crippen molar-refractivity contribution in [2.24, 2.45) is 0 Å². The summed E-state index contributed by atoms with van der Waals surface area (Å²) in [5.41, 5.74) is 1.28. The van der Waals surface area contributed by atoms with E-state index < -0.39 is 10.8 Å². The van der Waals surface area contributed by atoms with E-state index in [1.165, 1.54) is 5.56 Å². The van der Waals surface area contributed by atoms with E-state index >= 15 is 0 Å². The van der Waals surface area contributed by atoms with Crippen molar-refractivity contribution < 1.29 is 8.95 Å². The quantitative estimate of drug-likeness (QED) is 0.638. The van der Waals surface area contributed by atoms with Gasteiger partial charge in [-0.15, -0.1) is 0 Å². The Morgan fingerprint density at radius 1 is 1.20 bits per heavy atom. The van der Waals surface area contributed by atoms with Gasteiger partial charge in [-0.2, -0.15) is 0 Å². The molecule has 1 atom stereocenters. The van der Waals surface area contributed by atoms with Crippen molar-refractivity contribution in [3.63, 3.8) is 0 Å². The molecule has 1 unspecified atom stereocenters. The number of benzene rings is 1. The summed E-state index contributed by atoms with van der Waals surface area (Å²) in [6.45, 7) is 1.82. The van der Waals surface area contributed by atoms with Crippen molar-refractivity contribution in [2.75, 3.05) is 33.1 Å². The molecule has 0 amide bonds. The lowest BCUT2D eigenvalue weighted by Gasteiger charge is -2.06. The molecule has 0 spiro atoms. The predicted molar refractivity (Wildman–Crippen MR) is 85.7 cm³/mol. The zero-order valence-corrected chi connectivity index (χ0v) is 13.5. The van der Waals surface area contributed by atoms with E-state index in [1.54, 1.807) is 7.11 Å². The first-order chi connectivity index (χ1) is 9.77. The zero-order valence-electron chi connectivity index (χ0n) is 12.7. The Hall–Kier alpha value is -0.710. The molecule has 0 fully saturated rings. The van der Waals surface area contributed by atoms with E-state index in [2.05, 4.69) is 17.4 Å². The van der Waals surface area contributed by atoms with Crippen LogP contribution in [-0.4, -0.2) is 37.3 Å². The number of unbranched alkanes of at least 4 members (excludes halogenated alkanes) is 2. The molecule has 1 N–H and O–H groups in total. The van der Waals surface area contributed by atoms with Gasteiger partial charge in [0.2, 0.25) is 0 Å². The maximum absolute atomic E-state index is 12.2. The summed E-state index contributed by atoms with van der Waals surface area (Å²) in [5, 5.41) is 3.15. The fraction of sp³-hybridized carbons (Fsp3) is 0.625. The van der Waals surface area contributed by atoms with E-state index in [1.807, 2.05) is 19.2 Å². The molecule has 0 aliphatic rings. The monoisotopic (exact) mass is 297 g/mol. The first-order valence-electron chi connectivity index (χ1n) is 7.38. The first-order valence-corrected chi connectivity index (χ1v) is 8.70. The van der Waals surface area contributed by atoms with Gasteiger partial charge in [-0.3, -0.25) is 4.21 Å². The summed E-state index contributed by atoms with van der Waals surface area (Å²) >= 11 is 0. The number of ether oxygens (including phenoxy) is 1. The number of aryl methyl sites for hydroxylation is 1. The lowest BCUT2D eigenvalue weighted by molar-refractivity contribution is 0.192. The van der Waals surface area contributed by atoms with Gasteiger partial charge in [0.05, 0.1) is 10.8 Å². The third kappa shape index (κ3) is 7.17. The maximum Gasteiger partial charge on any atom is 0.0529 e. The molecular weight excluding hydrogens is 270 g/mol. The van der Waals surface area contributed by atoms with E-state index in [9.17, 15) is 4.21 Å². The summed E-state index contributed by atoms with van der Waals surface area (Å²) in [6, 6.07) is 8.22. The highest BCUT2D eigenvalue weighted by Crippen LogP contribution is 2.13. The molecule has 1 aromatic carbocycles. The standard InChI is InChI=1S/C16H27NO2S/c1-17-11-7-9-15-8-6-10-16(14-15)20(18)13-5-3-4-12-19-2/h6,8,10,14,17H,3-5,7,9,11-13H2,1-2H3. The highest BCUT2D eigenvalue weighted by Gasteiger charge is 2.04. The Labute approximate surface area is 125 Å². The van der Waals surface area contributed by atoms with Gasteiger partial charge in [0.25, 0.3) is 0 Å². The van der Waals surface area contributed by atoms with Gasteiger partial charge in [0, 0.05) is 24.4 Å². The zero-order chi connectivity index (χ0) is 14.6. The van der Waals surface area contributed by atoms with Crippen LogP contribution in [-0.2, 0) is 22.0 Å². The van der Waals surface area contributed by atoms with Crippen LogP contribution in [0.5, 0.6) is 0 Å². The molecule has 3 nitrogen and oxygen atoms in total. The van der Waals surface area contributed by atoms with Gasteiger partial charge in [-0.05, 0) is 57.0 Å². The van der Waals surface area contributed by atoms with Gasteiger partial charge in [-0.1, -0.05) is 18.6 Å². The topological polar surface area (TPSA) is 38.3 Å². The van der Waals surface area contributed by atoms with Crippen molar-refractivity contribution in [3.05, 3.63) is 29.8 Å². The molecule has 20 heavy (non-hydrogen) atoms. The Morgan fingerprint density at radius 3 is 2.80 bits per heavy atom. The largest absolute Gasteiger partial charge is 0.385 e. The van der Waals surface area contributed by atoms with Gasteiger partial charge in [0.1, 0.15) is 0 Å². The molecule has 0 bridgehead atoms. The van der Waals surface area contributed by atoms with E-state index in [4.69, 9.17) is 4.74 Å². The SMILES string of the molecule is CNCCCc1cccc(S(=O)CCCCCOC)c1. The molecule has 0 aliphatic heterocycles. The molecule has 0 heterocycles. The number of hydrogen-bond donors (Lipinski definition) is 1. The molecule has 0 aromatic heterocycles. The minimum atomic E-state index is -0.863.